The Hall–Kier alpha value is -2.91. The molecule has 0 aliphatic carbocycles. The maximum absolute atomic E-state index is 14.9. The van der Waals surface area contributed by atoms with Crippen LogP contribution in [0.25, 0.3) is 11.0 Å². The molecule has 33 heavy (non-hydrogen) atoms. The minimum atomic E-state index is -1.29. The summed E-state index contributed by atoms with van der Waals surface area (Å²) < 4.78 is 36.6. The number of carbonyl (C=O) groups is 1. The van der Waals surface area contributed by atoms with Crippen LogP contribution in [-0.4, -0.2) is 51.5 Å². The molecule has 0 saturated carbocycles. The predicted molar refractivity (Wildman–Crippen MR) is 124 cm³/mol. The number of esters is 1. The number of aliphatic hydroxyl groups is 1. The Labute approximate surface area is 199 Å². The number of anilines is 2. The molecule has 0 radical (unpaired) electrons. The van der Waals surface area contributed by atoms with Gasteiger partial charge in [0.25, 0.3) is 11.1 Å². The molecular formula is C20H20F2IN5O5. The van der Waals surface area contributed by atoms with Crippen molar-refractivity contribution in [2.45, 2.75) is 12.6 Å². The standard InChI is InChI=1S/C20H20F2IN5O5/c1-24-6-14(30)33-8-11(29)7-28-9-25-18-15(19(28)31)17(16(22)20(32)27(18)2)26-13-4-3-10(23)5-12(13)21/h3-5,9,11,24,26,29H,6-8H2,1-2H3/t11-/m1/s1. The number of ether oxygens (including phenoxy) is 1. The molecular weight excluding hydrogens is 555 g/mol. The van der Waals surface area contributed by atoms with E-state index in [9.17, 15) is 28.3 Å². The lowest BCUT2D eigenvalue weighted by atomic mass is 10.2. The lowest BCUT2D eigenvalue weighted by Crippen LogP contribution is -2.33. The van der Waals surface area contributed by atoms with Gasteiger partial charge in [-0.3, -0.25) is 23.5 Å². The first kappa shape index (κ1) is 24.7. The fourth-order valence-corrected chi connectivity index (χ4v) is 3.50. The van der Waals surface area contributed by atoms with Gasteiger partial charge in [-0.1, -0.05) is 0 Å². The number of aromatic nitrogens is 3. The maximum atomic E-state index is 14.9. The van der Waals surface area contributed by atoms with Gasteiger partial charge in [-0.2, -0.15) is 4.39 Å². The van der Waals surface area contributed by atoms with Gasteiger partial charge < -0.3 is 20.5 Å². The van der Waals surface area contributed by atoms with E-state index in [0.29, 0.717) is 3.57 Å². The molecule has 0 bridgehead atoms. The van der Waals surface area contributed by atoms with Crippen molar-refractivity contribution < 1.29 is 23.4 Å². The van der Waals surface area contributed by atoms with E-state index < -0.39 is 40.5 Å². The highest BCUT2D eigenvalue weighted by atomic mass is 127. The quantitative estimate of drug-likeness (QED) is 0.267. The molecule has 0 aliphatic rings. The third-order valence-electron chi connectivity index (χ3n) is 4.65. The van der Waals surface area contributed by atoms with Crippen molar-refractivity contribution in [1.82, 2.24) is 19.4 Å². The highest BCUT2D eigenvalue weighted by Gasteiger charge is 2.22. The molecule has 0 spiro atoms. The van der Waals surface area contributed by atoms with Crippen molar-refractivity contribution >= 4 is 51.0 Å². The highest BCUT2D eigenvalue weighted by molar-refractivity contribution is 14.1. The van der Waals surface area contributed by atoms with Gasteiger partial charge in [0, 0.05) is 10.6 Å². The van der Waals surface area contributed by atoms with Crippen LogP contribution >= 0.6 is 22.6 Å². The van der Waals surface area contributed by atoms with Gasteiger partial charge in [0.05, 0.1) is 24.5 Å². The van der Waals surface area contributed by atoms with Crippen molar-refractivity contribution in [1.29, 1.82) is 0 Å². The number of hydrogen-bond acceptors (Lipinski definition) is 8. The van der Waals surface area contributed by atoms with Crippen LogP contribution in [0.15, 0.2) is 34.1 Å². The molecule has 3 aromatic rings. The zero-order valence-electron chi connectivity index (χ0n) is 17.6. The molecule has 1 atom stereocenters. The predicted octanol–water partition coefficient (Wildman–Crippen LogP) is 0.845. The molecule has 0 aliphatic heterocycles. The smallest absolute Gasteiger partial charge is 0.320 e. The van der Waals surface area contributed by atoms with Crippen molar-refractivity contribution in [2.24, 2.45) is 7.05 Å². The average Bonchev–Trinajstić information content (AvgIpc) is 2.77. The van der Waals surface area contributed by atoms with Gasteiger partial charge in [-0.25, -0.2) is 9.37 Å². The molecule has 2 aromatic heterocycles. The van der Waals surface area contributed by atoms with E-state index in [1.54, 1.807) is 13.1 Å². The third-order valence-corrected chi connectivity index (χ3v) is 5.32. The minimum Gasteiger partial charge on any atom is -0.462 e. The molecule has 3 N–H and O–H groups in total. The second-order valence-corrected chi connectivity index (χ2v) is 8.32. The number of pyridine rings is 1. The summed E-state index contributed by atoms with van der Waals surface area (Å²) in [5.74, 6) is -2.59. The summed E-state index contributed by atoms with van der Waals surface area (Å²) in [6, 6.07) is 4.11. The first-order valence-electron chi connectivity index (χ1n) is 9.62. The zero-order chi connectivity index (χ0) is 24.3. The molecule has 13 heteroatoms. The normalized spacial score (nSPS) is 12.1. The van der Waals surface area contributed by atoms with E-state index in [1.807, 2.05) is 22.6 Å². The highest BCUT2D eigenvalue weighted by Crippen LogP contribution is 2.26. The number of carbonyl (C=O) groups excluding carboxylic acids is 1. The van der Waals surface area contributed by atoms with Crippen LogP contribution in [0.3, 0.4) is 0 Å². The van der Waals surface area contributed by atoms with Crippen LogP contribution < -0.4 is 21.8 Å². The van der Waals surface area contributed by atoms with Crippen molar-refractivity contribution in [3.05, 3.63) is 60.4 Å². The third kappa shape index (κ3) is 5.36. The van der Waals surface area contributed by atoms with E-state index in [1.165, 1.54) is 19.2 Å². The van der Waals surface area contributed by atoms with E-state index in [-0.39, 0.29) is 36.4 Å². The number of benzene rings is 1. The first-order valence-corrected chi connectivity index (χ1v) is 10.7. The Kier molecular flexibility index (Phi) is 7.76. The number of likely N-dealkylation sites (N-methyl/N-ethyl adjacent to an activating group) is 1. The van der Waals surface area contributed by atoms with Crippen LogP contribution in [0.2, 0.25) is 0 Å². The monoisotopic (exact) mass is 575 g/mol. The number of nitrogens with one attached hydrogen (secondary N) is 2. The molecule has 0 saturated heterocycles. The van der Waals surface area contributed by atoms with Gasteiger partial charge in [0.1, 0.15) is 30.2 Å². The number of fused-ring (bicyclic) bond motifs is 1. The molecule has 3 rings (SSSR count). The Morgan fingerprint density at radius 3 is 2.70 bits per heavy atom. The second kappa shape index (κ2) is 10.4. The van der Waals surface area contributed by atoms with E-state index in [4.69, 9.17) is 4.74 Å². The Morgan fingerprint density at radius 2 is 2.03 bits per heavy atom. The summed E-state index contributed by atoms with van der Waals surface area (Å²) in [4.78, 5) is 40.9. The van der Waals surface area contributed by atoms with Gasteiger partial charge in [0.2, 0.25) is 5.82 Å². The summed E-state index contributed by atoms with van der Waals surface area (Å²) in [5, 5.41) is 14.9. The Bertz CT molecular complexity index is 1330. The van der Waals surface area contributed by atoms with Gasteiger partial charge >= 0.3 is 5.97 Å². The average molecular weight is 575 g/mol. The van der Waals surface area contributed by atoms with Crippen LogP contribution in [0, 0.1) is 15.2 Å². The SMILES string of the molecule is CNCC(=O)OC[C@H](O)Cn1cnc2c(c(Nc3ccc(I)cc3F)c(F)c(=O)n2C)c1=O. The number of halogens is 3. The van der Waals surface area contributed by atoms with Gasteiger partial charge in [-0.05, 0) is 47.8 Å². The van der Waals surface area contributed by atoms with Crippen LogP contribution in [0.1, 0.15) is 0 Å². The van der Waals surface area contributed by atoms with E-state index in [2.05, 4.69) is 15.6 Å². The van der Waals surface area contributed by atoms with Crippen LogP contribution in [-0.2, 0) is 23.1 Å². The second-order valence-electron chi connectivity index (χ2n) is 7.07. The number of hydrogen-bond donors (Lipinski definition) is 3. The number of aliphatic hydroxyl groups excluding tert-OH is 1. The molecule has 0 unspecified atom stereocenters. The van der Waals surface area contributed by atoms with Crippen molar-refractivity contribution in [3.8, 4) is 0 Å². The van der Waals surface area contributed by atoms with Gasteiger partial charge in [-0.15, -0.1) is 0 Å². The number of rotatable bonds is 8. The number of nitrogens with zero attached hydrogens (tertiary/aromatic N) is 3. The minimum absolute atomic E-state index is 0.0539. The summed E-state index contributed by atoms with van der Waals surface area (Å²) in [6.45, 7) is -0.760. The largest absolute Gasteiger partial charge is 0.462 e. The molecule has 0 fully saturated rings. The summed E-state index contributed by atoms with van der Waals surface area (Å²) in [5.41, 5.74) is -2.66. The Balaban J connectivity index is 2.04. The molecule has 176 valence electrons. The fourth-order valence-electron chi connectivity index (χ4n) is 3.05. The summed E-state index contributed by atoms with van der Waals surface area (Å²) in [6.07, 6.45) is -0.180. The van der Waals surface area contributed by atoms with Crippen molar-refractivity contribution in [2.75, 3.05) is 25.5 Å². The zero-order valence-corrected chi connectivity index (χ0v) is 19.7. The maximum Gasteiger partial charge on any atom is 0.320 e. The van der Waals surface area contributed by atoms with Crippen molar-refractivity contribution in [3.63, 3.8) is 0 Å². The van der Waals surface area contributed by atoms with E-state index in [0.717, 1.165) is 15.5 Å². The van der Waals surface area contributed by atoms with E-state index >= 15 is 0 Å². The summed E-state index contributed by atoms with van der Waals surface area (Å²) in [7, 11) is 2.80. The number of aryl methyl sites for hydroxylation is 1. The molecule has 10 nitrogen and oxygen atoms in total. The lowest BCUT2D eigenvalue weighted by molar-refractivity contribution is -0.145. The molecule has 0 amide bonds. The van der Waals surface area contributed by atoms with Crippen LogP contribution in [0.4, 0.5) is 20.2 Å². The van der Waals surface area contributed by atoms with Gasteiger partial charge in [0.15, 0.2) is 5.65 Å². The summed E-state index contributed by atoms with van der Waals surface area (Å²) >= 11 is 1.90. The Morgan fingerprint density at radius 1 is 1.30 bits per heavy atom. The molecule has 2 heterocycles. The topological polar surface area (TPSA) is 127 Å². The first-order chi connectivity index (χ1) is 15.6. The van der Waals surface area contributed by atoms with Crippen LogP contribution in [0.5, 0.6) is 0 Å². The fraction of sp³-hybridized carbons (Fsp3) is 0.300. The lowest BCUT2D eigenvalue weighted by Gasteiger charge is -2.16. The molecule has 1 aromatic carbocycles.